The van der Waals surface area contributed by atoms with Gasteiger partial charge in [0.15, 0.2) is 0 Å². The van der Waals surface area contributed by atoms with Crippen LogP contribution in [0.1, 0.15) is 42.7 Å². The average Bonchev–Trinajstić information content (AvgIpc) is 3.13. The van der Waals surface area contributed by atoms with Gasteiger partial charge in [-0.2, -0.15) is 0 Å². The summed E-state index contributed by atoms with van der Waals surface area (Å²) in [6.45, 7) is 2.64. The lowest BCUT2D eigenvalue weighted by atomic mass is 9.89. The smallest absolute Gasteiger partial charge is 0.0654 e. The fourth-order valence-corrected chi connectivity index (χ4v) is 4.20. The van der Waals surface area contributed by atoms with Gasteiger partial charge in [-0.1, -0.05) is 42.7 Å². The Morgan fingerprint density at radius 3 is 2.53 bits per heavy atom. The number of aliphatic hydroxyl groups is 1. The molecule has 0 saturated heterocycles. The molecule has 4 unspecified atom stereocenters. The molecule has 0 spiro atoms. The highest BCUT2D eigenvalue weighted by atomic mass is 16.3. The van der Waals surface area contributed by atoms with E-state index in [4.69, 9.17) is 5.73 Å². The molecule has 0 bridgehead atoms. The van der Waals surface area contributed by atoms with Crippen molar-refractivity contribution in [1.29, 1.82) is 0 Å². The highest BCUT2D eigenvalue weighted by molar-refractivity contribution is 5.27. The van der Waals surface area contributed by atoms with Gasteiger partial charge in [0, 0.05) is 12.5 Å². The summed E-state index contributed by atoms with van der Waals surface area (Å²) in [7, 11) is 0. The van der Waals surface area contributed by atoms with Crippen LogP contribution in [0, 0.1) is 24.7 Å². The fraction of sp³-hybridized carbons (Fsp3) is 0.647. The third-order valence-corrected chi connectivity index (χ3v) is 5.25. The molecule has 0 aromatic heterocycles. The van der Waals surface area contributed by atoms with Crippen molar-refractivity contribution in [2.75, 3.05) is 6.54 Å². The summed E-state index contributed by atoms with van der Waals surface area (Å²) in [5, 5.41) is 10.7. The van der Waals surface area contributed by atoms with Gasteiger partial charge in [-0.05, 0) is 43.1 Å². The standard InChI is InChI=1S/C17H25NO/c1-11-5-4-6-12(9-11)15(10-18)17(19)16-13-7-2-3-8-14(13)16/h4-6,9,13-17,19H,2-3,7-8,10,18H2,1H3. The Hall–Kier alpha value is -0.860. The predicted molar refractivity (Wildman–Crippen MR) is 77.9 cm³/mol. The first-order chi connectivity index (χ1) is 9.22. The molecular formula is C17H25NO. The Morgan fingerprint density at radius 2 is 1.95 bits per heavy atom. The van der Waals surface area contributed by atoms with Gasteiger partial charge in [-0.3, -0.25) is 0 Å². The van der Waals surface area contributed by atoms with Gasteiger partial charge in [-0.25, -0.2) is 0 Å². The summed E-state index contributed by atoms with van der Waals surface area (Å²) in [6.07, 6.45) is 5.08. The molecule has 19 heavy (non-hydrogen) atoms. The van der Waals surface area contributed by atoms with E-state index in [1.165, 1.54) is 36.8 Å². The zero-order valence-corrected chi connectivity index (χ0v) is 11.8. The van der Waals surface area contributed by atoms with Crippen LogP contribution in [0.4, 0.5) is 0 Å². The number of aliphatic hydroxyl groups excluding tert-OH is 1. The molecule has 4 atom stereocenters. The second-order valence-corrected chi connectivity index (χ2v) is 6.44. The second kappa shape index (κ2) is 5.26. The van der Waals surface area contributed by atoms with Crippen molar-refractivity contribution in [3.05, 3.63) is 35.4 Å². The van der Waals surface area contributed by atoms with Crippen LogP contribution in [-0.2, 0) is 0 Å². The fourth-order valence-electron chi connectivity index (χ4n) is 4.20. The normalized spacial score (nSPS) is 32.5. The number of nitrogens with two attached hydrogens (primary N) is 1. The molecule has 2 aliphatic rings. The molecule has 1 aromatic rings. The SMILES string of the molecule is Cc1cccc(C(CN)C(O)C2C3CCCCC32)c1. The third-order valence-electron chi connectivity index (χ3n) is 5.25. The summed E-state index contributed by atoms with van der Waals surface area (Å²) in [5.41, 5.74) is 8.40. The average molecular weight is 259 g/mol. The second-order valence-electron chi connectivity index (χ2n) is 6.44. The Labute approximate surface area is 116 Å². The van der Waals surface area contributed by atoms with Crippen molar-refractivity contribution in [3.8, 4) is 0 Å². The van der Waals surface area contributed by atoms with Gasteiger partial charge in [0.25, 0.3) is 0 Å². The Morgan fingerprint density at radius 1 is 1.26 bits per heavy atom. The molecule has 2 nitrogen and oxygen atoms in total. The van der Waals surface area contributed by atoms with Gasteiger partial charge < -0.3 is 10.8 Å². The van der Waals surface area contributed by atoms with Crippen molar-refractivity contribution >= 4 is 0 Å². The summed E-state index contributed by atoms with van der Waals surface area (Å²) in [6, 6.07) is 8.45. The summed E-state index contributed by atoms with van der Waals surface area (Å²) in [4.78, 5) is 0. The number of hydrogen-bond donors (Lipinski definition) is 2. The first kappa shape index (κ1) is 13.1. The largest absolute Gasteiger partial charge is 0.392 e. The van der Waals surface area contributed by atoms with E-state index in [1.54, 1.807) is 0 Å². The summed E-state index contributed by atoms with van der Waals surface area (Å²) in [5.74, 6) is 2.18. The van der Waals surface area contributed by atoms with Gasteiger partial charge in [0.1, 0.15) is 0 Å². The van der Waals surface area contributed by atoms with Crippen molar-refractivity contribution < 1.29 is 5.11 Å². The summed E-state index contributed by atoms with van der Waals surface area (Å²) < 4.78 is 0. The maximum atomic E-state index is 10.7. The van der Waals surface area contributed by atoms with Crippen LogP contribution in [0.15, 0.2) is 24.3 Å². The Kier molecular flexibility index (Phi) is 3.64. The molecule has 2 heteroatoms. The number of hydrogen-bond acceptors (Lipinski definition) is 2. The van der Waals surface area contributed by atoms with Crippen LogP contribution in [0.3, 0.4) is 0 Å². The van der Waals surface area contributed by atoms with Crippen molar-refractivity contribution in [2.45, 2.75) is 44.6 Å². The maximum Gasteiger partial charge on any atom is 0.0654 e. The van der Waals surface area contributed by atoms with E-state index in [-0.39, 0.29) is 12.0 Å². The van der Waals surface area contributed by atoms with E-state index in [2.05, 4.69) is 31.2 Å². The molecule has 0 radical (unpaired) electrons. The van der Waals surface area contributed by atoms with Crippen molar-refractivity contribution in [1.82, 2.24) is 0 Å². The number of aryl methyl sites for hydroxylation is 1. The lowest BCUT2D eigenvalue weighted by molar-refractivity contribution is 0.112. The minimum atomic E-state index is -0.250. The van der Waals surface area contributed by atoms with E-state index >= 15 is 0 Å². The molecule has 104 valence electrons. The zero-order chi connectivity index (χ0) is 13.4. The highest BCUT2D eigenvalue weighted by Crippen LogP contribution is 2.58. The first-order valence-corrected chi connectivity index (χ1v) is 7.67. The molecule has 0 amide bonds. The number of rotatable bonds is 4. The minimum absolute atomic E-state index is 0.107. The quantitative estimate of drug-likeness (QED) is 0.873. The molecule has 2 fully saturated rings. The van der Waals surface area contributed by atoms with Crippen LogP contribution >= 0.6 is 0 Å². The summed E-state index contributed by atoms with van der Waals surface area (Å²) >= 11 is 0. The minimum Gasteiger partial charge on any atom is -0.392 e. The van der Waals surface area contributed by atoms with Crippen LogP contribution in [0.5, 0.6) is 0 Å². The lowest BCUT2D eigenvalue weighted by Gasteiger charge is -2.23. The first-order valence-electron chi connectivity index (χ1n) is 7.67. The van der Waals surface area contributed by atoms with Crippen molar-refractivity contribution in [3.63, 3.8) is 0 Å². The zero-order valence-electron chi connectivity index (χ0n) is 11.8. The van der Waals surface area contributed by atoms with Crippen LogP contribution in [0.25, 0.3) is 0 Å². The van der Waals surface area contributed by atoms with Gasteiger partial charge in [-0.15, -0.1) is 0 Å². The highest BCUT2D eigenvalue weighted by Gasteiger charge is 2.55. The van der Waals surface area contributed by atoms with Gasteiger partial charge in [0.05, 0.1) is 6.10 Å². The molecule has 0 heterocycles. The van der Waals surface area contributed by atoms with Crippen LogP contribution < -0.4 is 5.73 Å². The van der Waals surface area contributed by atoms with Crippen molar-refractivity contribution in [2.24, 2.45) is 23.5 Å². The van der Waals surface area contributed by atoms with Gasteiger partial charge >= 0.3 is 0 Å². The molecule has 2 aliphatic carbocycles. The third kappa shape index (κ3) is 2.44. The van der Waals surface area contributed by atoms with E-state index in [0.29, 0.717) is 12.5 Å². The molecule has 2 saturated carbocycles. The number of benzene rings is 1. The van der Waals surface area contributed by atoms with E-state index in [0.717, 1.165) is 11.8 Å². The van der Waals surface area contributed by atoms with E-state index in [1.807, 2.05) is 0 Å². The molecule has 3 rings (SSSR count). The molecule has 3 N–H and O–H groups in total. The molecule has 1 aromatic carbocycles. The Bertz CT molecular complexity index is 433. The lowest BCUT2D eigenvalue weighted by Crippen LogP contribution is -2.28. The monoisotopic (exact) mass is 259 g/mol. The topological polar surface area (TPSA) is 46.2 Å². The van der Waals surface area contributed by atoms with Crippen LogP contribution in [0.2, 0.25) is 0 Å². The van der Waals surface area contributed by atoms with Gasteiger partial charge in [0.2, 0.25) is 0 Å². The maximum absolute atomic E-state index is 10.7. The van der Waals surface area contributed by atoms with Crippen LogP contribution in [-0.4, -0.2) is 17.8 Å². The molecule has 0 aliphatic heterocycles. The molecular weight excluding hydrogens is 234 g/mol. The Balaban J connectivity index is 1.75. The predicted octanol–water partition coefficient (Wildman–Crippen LogP) is 2.83. The van der Waals surface area contributed by atoms with E-state index < -0.39 is 0 Å². The number of fused-ring (bicyclic) bond motifs is 1. The van der Waals surface area contributed by atoms with E-state index in [9.17, 15) is 5.11 Å².